The molecule has 0 aliphatic carbocycles. The largest absolute Gasteiger partial charge is 0.489 e. The van der Waals surface area contributed by atoms with Gasteiger partial charge in [-0.1, -0.05) is 30.3 Å². The van der Waals surface area contributed by atoms with Crippen LogP contribution >= 0.6 is 0 Å². The van der Waals surface area contributed by atoms with E-state index in [4.69, 9.17) is 6.11 Å². The molecule has 116 valence electrons. The summed E-state index contributed by atoms with van der Waals surface area (Å²) in [6, 6.07) is 10.6. The molecule has 0 atom stereocenters. The third kappa shape index (κ3) is 4.16. The monoisotopic (exact) mass is 323 g/mol. The van der Waals surface area contributed by atoms with E-state index < -0.39 is 15.9 Å². The van der Waals surface area contributed by atoms with Crippen molar-refractivity contribution in [1.82, 2.24) is 0 Å². The molecule has 1 aliphatic rings. The summed E-state index contributed by atoms with van der Waals surface area (Å²) in [5.74, 6) is 0.216. The Morgan fingerprint density at radius 1 is 1.27 bits per heavy atom. The highest BCUT2D eigenvalue weighted by molar-refractivity contribution is 7.86. The Hall–Kier alpha value is -2.18. The summed E-state index contributed by atoms with van der Waals surface area (Å²) in [5.41, 5.74) is 0.888. The van der Waals surface area contributed by atoms with E-state index in [2.05, 4.69) is 4.18 Å². The van der Waals surface area contributed by atoms with Crippen LogP contribution in [0.5, 0.6) is 5.75 Å². The van der Waals surface area contributed by atoms with Crippen molar-refractivity contribution >= 4 is 16.2 Å². The van der Waals surface area contributed by atoms with Crippen LogP contribution < -0.4 is 4.74 Å². The maximum atomic E-state index is 12.5. The smallest absolute Gasteiger partial charge is 0.296 e. The zero-order valence-corrected chi connectivity index (χ0v) is 12.6. The van der Waals surface area contributed by atoms with Gasteiger partial charge in [0.15, 0.2) is 0 Å². The van der Waals surface area contributed by atoms with Crippen LogP contribution in [-0.2, 0) is 14.3 Å². The highest BCUT2D eigenvalue weighted by Crippen LogP contribution is 2.21. The average molecular weight is 323 g/mol. The van der Waals surface area contributed by atoms with Gasteiger partial charge in [-0.15, -0.1) is 0 Å². The predicted molar refractivity (Wildman–Crippen MR) is 81.6 cm³/mol. The maximum absolute atomic E-state index is 12.5. The van der Waals surface area contributed by atoms with Crippen LogP contribution in [0.3, 0.4) is 0 Å². The fourth-order valence-corrected chi connectivity index (χ4v) is 2.41. The molecule has 0 aromatic heterocycles. The van der Waals surface area contributed by atoms with Crippen molar-refractivity contribution < 1.29 is 23.1 Å². The molecule has 22 heavy (non-hydrogen) atoms. The molecule has 0 radical (unpaired) electrons. The normalized spacial score (nSPS) is 13.3. The fourth-order valence-electron chi connectivity index (χ4n) is 1.71. The van der Waals surface area contributed by atoms with Crippen LogP contribution in [0.15, 0.2) is 59.5 Å². The summed E-state index contributed by atoms with van der Waals surface area (Å²) in [5, 5.41) is 0. The molecule has 2 aromatic rings. The highest BCUT2D eigenvalue weighted by atomic mass is 32.2. The van der Waals surface area contributed by atoms with Crippen LogP contribution in [-0.4, -0.2) is 22.1 Å². The van der Waals surface area contributed by atoms with Gasteiger partial charge >= 0.3 is 0 Å². The number of fused-ring (bicyclic) bond motifs is 1. The second-order valence-corrected chi connectivity index (χ2v) is 5.95. The van der Waals surface area contributed by atoms with Gasteiger partial charge in [0.2, 0.25) is 0 Å². The molecule has 4 nitrogen and oxygen atoms in total. The maximum Gasteiger partial charge on any atom is 0.296 e. The van der Waals surface area contributed by atoms with Crippen LogP contribution in [0.2, 0.25) is 0 Å². The molecule has 0 N–H and O–H groups in total. The SMILES string of the molecule is COS(=O)(=O)c1cccc(F)c1.[2H]c1cccc2c1C=CCO2. The first kappa shape index (κ1) is 14.7. The van der Waals surface area contributed by atoms with Gasteiger partial charge in [-0.05, 0) is 30.3 Å². The van der Waals surface area contributed by atoms with E-state index in [9.17, 15) is 12.8 Å². The summed E-state index contributed by atoms with van der Waals surface area (Å²) >= 11 is 0. The molecule has 1 heterocycles. The molecule has 0 bridgehead atoms. The molecule has 0 amide bonds. The standard InChI is InChI=1S/C9H8O.C7H7FO3S/c1-2-6-9-8(4-1)5-3-7-10-9;1-11-12(9,10)7-4-2-3-6(8)5-7/h1-6H,7H2;2-5H,1H3/i4D;. The zero-order valence-electron chi connectivity index (χ0n) is 12.8. The van der Waals surface area contributed by atoms with Gasteiger partial charge in [0.25, 0.3) is 10.1 Å². The first-order valence-electron chi connectivity index (χ1n) is 6.89. The quantitative estimate of drug-likeness (QED) is 0.796. The molecule has 1 aliphatic heterocycles. The summed E-state index contributed by atoms with van der Waals surface area (Å²) in [4.78, 5) is -0.176. The van der Waals surface area contributed by atoms with Crippen LogP contribution in [0.4, 0.5) is 4.39 Å². The molecule has 6 heteroatoms. The lowest BCUT2D eigenvalue weighted by atomic mass is 10.1. The number of hydrogen-bond acceptors (Lipinski definition) is 4. The van der Waals surface area contributed by atoms with E-state index in [1.54, 1.807) is 6.07 Å². The predicted octanol–water partition coefficient (Wildman–Crippen LogP) is 3.25. The molecule has 2 aromatic carbocycles. The van der Waals surface area contributed by atoms with Crippen LogP contribution in [0.1, 0.15) is 6.93 Å². The van der Waals surface area contributed by atoms with Crippen molar-refractivity contribution in [2.24, 2.45) is 0 Å². The van der Waals surface area contributed by atoms with E-state index >= 15 is 0 Å². The molecule has 0 spiro atoms. The third-order valence-corrected chi connectivity index (χ3v) is 4.04. The van der Waals surface area contributed by atoms with Crippen molar-refractivity contribution in [3.8, 4) is 5.75 Å². The average Bonchev–Trinajstić information content (AvgIpc) is 2.56. The summed E-state index contributed by atoms with van der Waals surface area (Å²) in [7, 11) is -2.73. The minimum atomic E-state index is -3.76. The minimum Gasteiger partial charge on any atom is -0.489 e. The number of hydrogen-bond donors (Lipinski definition) is 0. The lowest BCUT2D eigenvalue weighted by Gasteiger charge is -2.10. The lowest BCUT2D eigenvalue weighted by molar-refractivity contribution is 0.358. The molecule has 0 fully saturated rings. The topological polar surface area (TPSA) is 52.6 Å². The van der Waals surface area contributed by atoms with Crippen molar-refractivity contribution in [2.75, 3.05) is 13.7 Å². The molecule has 0 unspecified atom stereocenters. The second kappa shape index (κ2) is 7.20. The van der Waals surface area contributed by atoms with E-state index in [0.717, 1.165) is 30.6 Å². The number of para-hydroxylation sites is 1. The minimum absolute atomic E-state index is 0.176. The van der Waals surface area contributed by atoms with Crippen molar-refractivity contribution in [3.63, 3.8) is 0 Å². The van der Waals surface area contributed by atoms with E-state index in [1.807, 2.05) is 24.3 Å². The van der Waals surface area contributed by atoms with Crippen LogP contribution in [0.25, 0.3) is 6.08 Å². The van der Waals surface area contributed by atoms with Gasteiger partial charge in [0, 0.05) is 5.56 Å². The first-order valence-corrected chi connectivity index (χ1v) is 7.80. The van der Waals surface area contributed by atoms with E-state index in [-0.39, 0.29) is 4.90 Å². The Balaban J connectivity index is 0.000000167. The zero-order chi connectivity index (χ0) is 16.9. The van der Waals surface area contributed by atoms with Gasteiger partial charge in [-0.3, -0.25) is 4.18 Å². The van der Waals surface area contributed by atoms with Gasteiger partial charge in [-0.2, -0.15) is 8.42 Å². The molecule has 0 saturated carbocycles. The molecular formula is C16H15FO4S. The third-order valence-electron chi connectivity index (χ3n) is 2.77. The van der Waals surface area contributed by atoms with E-state index in [1.165, 1.54) is 12.1 Å². The highest BCUT2D eigenvalue weighted by Gasteiger charge is 2.12. The van der Waals surface area contributed by atoms with E-state index in [0.29, 0.717) is 12.6 Å². The fraction of sp³-hybridized carbons (Fsp3) is 0.125. The van der Waals surface area contributed by atoms with Crippen molar-refractivity contribution in [2.45, 2.75) is 4.90 Å². The van der Waals surface area contributed by atoms with Gasteiger partial charge in [0.05, 0.1) is 13.4 Å². The Morgan fingerprint density at radius 2 is 2.09 bits per heavy atom. The Bertz CT molecular complexity index is 819. The molecule has 0 saturated heterocycles. The Morgan fingerprint density at radius 3 is 2.77 bits per heavy atom. The number of rotatable bonds is 2. The van der Waals surface area contributed by atoms with Gasteiger partial charge < -0.3 is 4.74 Å². The first-order chi connectivity index (χ1) is 10.9. The number of benzene rings is 2. The number of ether oxygens (including phenoxy) is 1. The van der Waals surface area contributed by atoms with Gasteiger partial charge in [-0.25, -0.2) is 4.39 Å². The van der Waals surface area contributed by atoms with Crippen molar-refractivity contribution in [3.05, 3.63) is 66.0 Å². The summed E-state index contributed by atoms with van der Waals surface area (Å²) < 4.78 is 51.4. The molecule has 3 rings (SSSR count). The van der Waals surface area contributed by atoms with Gasteiger partial charge in [0.1, 0.15) is 18.2 Å². The second-order valence-electron chi connectivity index (χ2n) is 4.24. The number of halogens is 1. The lowest BCUT2D eigenvalue weighted by Crippen LogP contribution is -2.02. The van der Waals surface area contributed by atoms with Crippen molar-refractivity contribution in [1.29, 1.82) is 0 Å². The van der Waals surface area contributed by atoms with Crippen LogP contribution in [0, 0.1) is 5.82 Å². The summed E-state index contributed by atoms with van der Waals surface area (Å²) in [6.07, 6.45) is 3.85. The Kier molecular flexibility index (Phi) is 4.82. The Labute approximate surface area is 130 Å². The summed E-state index contributed by atoms with van der Waals surface area (Å²) in [6.45, 7) is 0.621. The molecular weight excluding hydrogens is 307 g/mol.